The fraction of sp³-hybridized carbons (Fsp3) is 0.333. The molecule has 27 heavy (non-hydrogen) atoms. The van der Waals surface area contributed by atoms with Crippen LogP contribution in [0.3, 0.4) is 0 Å². The number of hydrogen-bond acceptors (Lipinski definition) is 7. The first-order chi connectivity index (χ1) is 12.7. The predicted molar refractivity (Wildman–Crippen MR) is 105 cm³/mol. The van der Waals surface area contributed by atoms with Gasteiger partial charge in [0.25, 0.3) is 5.91 Å². The fourth-order valence-corrected chi connectivity index (χ4v) is 2.49. The monoisotopic (exact) mass is 371 g/mol. The molecule has 0 saturated carbocycles. The molecule has 7 N–H and O–H groups in total. The summed E-state index contributed by atoms with van der Waals surface area (Å²) in [5, 5.41) is 8.89. The highest BCUT2D eigenvalue weighted by molar-refractivity contribution is 5.97. The SMILES string of the molecule is CC(=O)NCC(N)CNc1cnc(C(N)=O)c(Nc2cc(C)cc(C)n2)c1. The van der Waals surface area contributed by atoms with Crippen molar-refractivity contribution in [1.29, 1.82) is 0 Å². The number of anilines is 3. The van der Waals surface area contributed by atoms with Crippen LogP contribution in [-0.2, 0) is 4.79 Å². The number of nitrogens with one attached hydrogen (secondary N) is 3. The number of primary amides is 1. The number of aryl methyl sites for hydroxylation is 2. The number of amides is 2. The summed E-state index contributed by atoms with van der Waals surface area (Å²) in [5.74, 6) is -0.183. The van der Waals surface area contributed by atoms with Gasteiger partial charge in [-0.15, -0.1) is 0 Å². The van der Waals surface area contributed by atoms with Gasteiger partial charge in [0, 0.05) is 31.7 Å². The molecule has 2 aromatic rings. The molecular formula is C18H25N7O2. The lowest BCUT2D eigenvalue weighted by Crippen LogP contribution is -2.40. The Kier molecular flexibility index (Phi) is 6.67. The quantitative estimate of drug-likeness (QED) is 0.461. The molecule has 1 atom stereocenters. The predicted octanol–water partition coefficient (Wildman–Crippen LogP) is 0.811. The Bertz CT molecular complexity index is 818. The molecule has 0 fully saturated rings. The van der Waals surface area contributed by atoms with E-state index in [0.717, 1.165) is 11.3 Å². The second kappa shape index (κ2) is 8.95. The Balaban J connectivity index is 2.16. The highest BCUT2D eigenvalue weighted by atomic mass is 16.1. The van der Waals surface area contributed by atoms with Gasteiger partial charge < -0.3 is 27.4 Å². The van der Waals surface area contributed by atoms with E-state index in [9.17, 15) is 9.59 Å². The van der Waals surface area contributed by atoms with Crippen molar-refractivity contribution in [3.63, 3.8) is 0 Å². The lowest BCUT2D eigenvalue weighted by atomic mass is 10.2. The lowest BCUT2D eigenvalue weighted by Gasteiger charge is -2.16. The van der Waals surface area contributed by atoms with Crippen molar-refractivity contribution in [2.45, 2.75) is 26.8 Å². The van der Waals surface area contributed by atoms with E-state index >= 15 is 0 Å². The number of rotatable bonds is 8. The summed E-state index contributed by atoms with van der Waals surface area (Å²) < 4.78 is 0. The van der Waals surface area contributed by atoms with Gasteiger partial charge in [-0.25, -0.2) is 9.97 Å². The lowest BCUT2D eigenvalue weighted by molar-refractivity contribution is -0.119. The van der Waals surface area contributed by atoms with Crippen LogP contribution in [0.25, 0.3) is 0 Å². The van der Waals surface area contributed by atoms with Crippen LogP contribution in [-0.4, -0.2) is 40.9 Å². The zero-order valence-corrected chi connectivity index (χ0v) is 15.7. The number of aromatic nitrogens is 2. The van der Waals surface area contributed by atoms with Gasteiger partial charge in [-0.2, -0.15) is 0 Å². The molecule has 0 aliphatic carbocycles. The molecule has 0 bridgehead atoms. The maximum atomic E-state index is 11.7. The Hall–Kier alpha value is -3.20. The molecule has 0 spiro atoms. The van der Waals surface area contributed by atoms with E-state index < -0.39 is 5.91 Å². The average Bonchev–Trinajstić information content (AvgIpc) is 2.57. The average molecular weight is 371 g/mol. The Morgan fingerprint density at radius 1 is 1.19 bits per heavy atom. The zero-order chi connectivity index (χ0) is 20.0. The Labute approximate surface area is 157 Å². The van der Waals surface area contributed by atoms with E-state index in [1.807, 2.05) is 26.0 Å². The van der Waals surface area contributed by atoms with Gasteiger partial charge >= 0.3 is 0 Å². The molecule has 0 aromatic carbocycles. The van der Waals surface area contributed by atoms with Crippen LogP contribution < -0.4 is 27.4 Å². The number of hydrogen-bond donors (Lipinski definition) is 5. The van der Waals surface area contributed by atoms with Crippen LogP contribution in [0.4, 0.5) is 17.2 Å². The van der Waals surface area contributed by atoms with Crippen LogP contribution >= 0.6 is 0 Å². The third-order valence-electron chi connectivity index (χ3n) is 3.66. The zero-order valence-electron chi connectivity index (χ0n) is 15.7. The molecule has 2 heterocycles. The van der Waals surface area contributed by atoms with Crippen molar-refractivity contribution in [2.24, 2.45) is 11.5 Å². The number of nitrogens with two attached hydrogens (primary N) is 2. The molecule has 0 saturated heterocycles. The maximum absolute atomic E-state index is 11.7. The summed E-state index contributed by atoms with van der Waals surface area (Å²) in [5.41, 5.74) is 14.5. The second-order valence-corrected chi connectivity index (χ2v) is 6.36. The second-order valence-electron chi connectivity index (χ2n) is 6.36. The van der Waals surface area contributed by atoms with Crippen molar-refractivity contribution in [1.82, 2.24) is 15.3 Å². The first-order valence-electron chi connectivity index (χ1n) is 8.50. The summed E-state index contributed by atoms with van der Waals surface area (Å²) in [6.07, 6.45) is 1.51. The summed E-state index contributed by atoms with van der Waals surface area (Å²) in [6.45, 7) is 6.05. The number of pyridine rings is 2. The first kappa shape index (κ1) is 20.1. The van der Waals surface area contributed by atoms with Crippen LogP contribution in [0.15, 0.2) is 24.4 Å². The highest BCUT2D eigenvalue weighted by Crippen LogP contribution is 2.22. The van der Waals surface area contributed by atoms with E-state index in [1.54, 1.807) is 6.07 Å². The number of carbonyl (C=O) groups excluding carboxylic acids is 2. The fourth-order valence-electron chi connectivity index (χ4n) is 2.49. The molecule has 9 heteroatoms. The van der Waals surface area contributed by atoms with Gasteiger partial charge in [-0.3, -0.25) is 9.59 Å². The molecule has 2 amide bonds. The van der Waals surface area contributed by atoms with Gasteiger partial charge in [-0.1, -0.05) is 0 Å². The number of nitrogens with zero attached hydrogens (tertiary/aromatic N) is 2. The van der Waals surface area contributed by atoms with Gasteiger partial charge in [0.2, 0.25) is 5.91 Å². The van der Waals surface area contributed by atoms with Crippen LogP contribution in [0, 0.1) is 13.8 Å². The van der Waals surface area contributed by atoms with Crippen molar-refractivity contribution in [3.05, 3.63) is 41.3 Å². The molecule has 2 aromatic heterocycles. The summed E-state index contributed by atoms with van der Waals surface area (Å²) in [6, 6.07) is 5.26. The normalized spacial score (nSPS) is 11.6. The minimum atomic E-state index is -0.643. The molecule has 144 valence electrons. The van der Waals surface area contributed by atoms with E-state index in [2.05, 4.69) is 25.9 Å². The number of carbonyl (C=O) groups is 2. The maximum Gasteiger partial charge on any atom is 0.269 e. The minimum Gasteiger partial charge on any atom is -0.382 e. The molecule has 1 unspecified atom stereocenters. The van der Waals surface area contributed by atoms with E-state index in [1.165, 1.54) is 13.1 Å². The standard InChI is InChI=1S/C18H25N7O2/c1-10-4-11(2)24-16(5-10)25-15-6-14(9-23-17(15)18(20)27)22-8-13(19)7-21-12(3)26/h4-6,9,13,22H,7-8,19H2,1-3H3,(H2,20,27)(H,21,26)(H,24,25). The van der Waals surface area contributed by atoms with Crippen LogP contribution in [0.5, 0.6) is 0 Å². The van der Waals surface area contributed by atoms with Gasteiger partial charge in [0.05, 0.1) is 17.6 Å². The first-order valence-corrected chi connectivity index (χ1v) is 8.50. The van der Waals surface area contributed by atoms with E-state index in [-0.39, 0.29) is 17.6 Å². The van der Waals surface area contributed by atoms with Gasteiger partial charge in [-0.05, 0) is 37.6 Å². The molecule has 2 rings (SSSR count). The molecule has 0 aliphatic heterocycles. The van der Waals surface area contributed by atoms with Crippen LogP contribution in [0.2, 0.25) is 0 Å². The topological polar surface area (TPSA) is 148 Å². The van der Waals surface area contributed by atoms with E-state index in [4.69, 9.17) is 11.5 Å². The van der Waals surface area contributed by atoms with Crippen molar-refractivity contribution in [2.75, 3.05) is 23.7 Å². The molecular weight excluding hydrogens is 346 g/mol. The highest BCUT2D eigenvalue weighted by Gasteiger charge is 2.13. The van der Waals surface area contributed by atoms with Crippen molar-refractivity contribution < 1.29 is 9.59 Å². The Morgan fingerprint density at radius 3 is 2.56 bits per heavy atom. The minimum absolute atomic E-state index is 0.115. The van der Waals surface area contributed by atoms with Crippen molar-refractivity contribution in [3.8, 4) is 0 Å². The van der Waals surface area contributed by atoms with E-state index in [0.29, 0.717) is 30.3 Å². The van der Waals surface area contributed by atoms with Gasteiger partial charge in [0.1, 0.15) is 5.82 Å². The third kappa shape index (κ3) is 6.23. The summed E-state index contributed by atoms with van der Waals surface area (Å²) in [7, 11) is 0. The smallest absolute Gasteiger partial charge is 0.269 e. The molecule has 0 aliphatic rings. The third-order valence-corrected chi connectivity index (χ3v) is 3.66. The molecule has 0 radical (unpaired) electrons. The summed E-state index contributed by atoms with van der Waals surface area (Å²) in [4.78, 5) is 31.2. The van der Waals surface area contributed by atoms with Crippen molar-refractivity contribution >= 4 is 29.0 Å². The van der Waals surface area contributed by atoms with Gasteiger partial charge in [0.15, 0.2) is 5.69 Å². The Morgan fingerprint density at radius 2 is 1.93 bits per heavy atom. The summed E-state index contributed by atoms with van der Waals surface area (Å²) >= 11 is 0. The molecule has 9 nitrogen and oxygen atoms in total. The van der Waals surface area contributed by atoms with Crippen LogP contribution in [0.1, 0.15) is 28.7 Å². The largest absolute Gasteiger partial charge is 0.382 e.